The molecule has 2 aromatic heterocycles. The second kappa shape index (κ2) is 10.5. The molecular weight excluding hydrogens is 444 g/mol. The van der Waals surface area contributed by atoms with Gasteiger partial charge in [0.25, 0.3) is 5.56 Å². The van der Waals surface area contributed by atoms with Crippen LogP contribution in [0, 0.1) is 0 Å². The molecule has 0 aliphatic carbocycles. The molecule has 9 nitrogen and oxygen atoms in total. The lowest BCUT2D eigenvalue weighted by atomic mass is 10.3. The number of nitrogens with one attached hydrogen (secondary N) is 1. The lowest BCUT2D eigenvalue weighted by Gasteiger charge is -2.34. The van der Waals surface area contributed by atoms with Gasteiger partial charge in [0.15, 0.2) is 11.2 Å². The summed E-state index contributed by atoms with van der Waals surface area (Å²) in [7, 11) is 1.84. The van der Waals surface area contributed by atoms with E-state index in [4.69, 9.17) is 21.3 Å². The number of ether oxygens (including phenoxy) is 1. The van der Waals surface area contributed by atoms with Gasteiger partial charge in [-0.1, -0.05) is 37.1 Å². The third kappa shape index (κ3) is 5.31. The zero-order chi connectivity index (χ0) is 23.4. The van der Waals surface area contributed by atoms with Gasteiger partial charge in [0.1, 0.15) is 18.2 Å². The average Bonchev–Trinajstić information content (AvgIpc) is 3.12. The number of aromatic nitrogens is 4. The number of imidazole rings is 1. The van der Waals surface area contributed by atoms with Crippen molar-refractivity contribution in [1.82, 2.24) is 28.9 Å². The van der Waals surface area contributed by atoms with Crippen molar-refractivity contribution < 1.29 is 4.74 Å². The summed E-state index contributed by atoms with van der Waals surface area (Å²) in [6, 6.07) is 7.51. The molecule has 0 atom stereocenters. The molecular formula is C23H31ClN6O3. The fourth-order valence-corrected chi connectivity index (χ4v) is 4.36. The number of piperazine rings is 1. The van der Waals surface area contributed by atoms with E-state index < -0.39 is 5.69 Å². The largest absolute Gasteiger partial charge is 0.491 e. The van der Waals surface area contributed by atoms with E-state index >= 15 is 0 Å². The van der Waals surface area contributed by atoms with Gasteiger partial charge in [-0.2, -0.15) is 0 Å². The third-order valence-corrected chi connectivity index (χ3v) is 6.48. The molecule has 3 heterocycles. The van der Waals surface area contributed by atoms with Crippen LogP contribution in [0.2, 0.25) is 5.02 Å². The number of aryl methyl sites for hydroxylation is 2. The first-order valence-corrected chi connectivity index (χ1v) is 11.9. The molecule has 1 saturated heterocycles. The van der Waals surface area contributed by atoms with Crippen LogP contribution in [0.3, 0.4) is 0 Å². The molecule has 0 spiro atoms. The van der Waals surface area contributed by atoms with Crippen molar-refractivity contribution in [3.63, 3.8) is 0 Å². The SMILES string of the molecule is CCCCn1c(=O)[nH]c(=O)c2c1nc(CN1CCN(CCOc3ccccc3Cl)CC1)n2C. The Morgan fingerprint density at radius 2 is 1.82 bits per heavy atom. The lowest BCUT2D eigenvalue weighted by Crippen LogP contribution is -2.47. The van der Waals surface area contributed by atoms with Crippen LogP contribution < -0.4 is 16.0 Å². The highest BCUT2D eigenvalue weighted by atomic mass is 35.5. The Balaban J connectivity index is 1.36. The molecule has 1 aliphatic heterocycles. The highest BCUT2D eigenvalue weighted by molar-refractivity contribution is 6.32. The highest BCUT2D eigenvalue weighted by Crippen LogP contribution is 2.23. The summed E-state index contributed by atoms with van der Waals surface area (Å²) in [6.07, 6.45) is 1.82. The maximum Gasteiger partial charge on any atom is 0.330 e. The topological polar surface area (TPSA) is 88.4 Å². The Kier molecular flexibility index (Phi) is 7.52. The van der Waals surface area contributed by atoms with Crippen molar-refractivity contribution in [2.45, 2.75) is 32.9 Å². The van der Waals surface area contributed by atoms with Crippen molar-refractivity contribution >= 4 is 22.8 Å². The van der Waals surface area contributed by atoms with Crippen LogP contribution in [0.1, 0.15) is 25.6 Å². The van der Waals surface area contributed by atoms with Crippen LogP contribution in [0.4, 0.5) is 0 Å². The van der Waals surface area contributed by atoms with Gasteiger partial charge >= 0.3 is 5.69 Å². The van der Waals surface area contributed by atoms with Crippen LogP contribution >= 0.6 is 11.6 Å². The zero-order valence-corrected chi connectivity index (χ0v) is 20.0. The molecule has 1 aromatic carbocycles. The minimum Gasteiger partial charge on any atom is -0.491 e. The summed E-state index contributed by atoms with van der Waals surface area (Å²) in [5, 5.41) is 0.628. The molecule has 3 aromatic rings. The molecule has 178 valence electrons. The van der Waals surface area contributed by atoms with Crippen molar-refractivity contribution in [3.05, 3.63) is 56.0 Å². The quantitative estimate of drug-likeness (QED) is 0.511. The van der Waals surface area contributed by atoms with E-state index in [0.717, 1.165) is 51.4 Å². The van der Waals surface area contributed by atoms with E-state index in [2.05, 4.69) is 21.7 Å². The van der Waals surface area contributed by atoms with Crippen LogP contribution in [0.25, 0.3) is 11.2 Å². The molecule has 0 bridgehead atoms. The van der Waals surface area contributed by atoms with Crippen molar-refractivity contribution in [1.29, 1.82) is 0 Å². The lowest BCUT2D eigenvalue weighted by molar-refractivity contribution is 0.110. The molecule has 33 heavy (non-hydrogen) atoms. The average molecular weight is 475 g/mol. The van der Waals surface area contributed by atoms with E-state index in [1.807, 2.05) is 35.9 Å². The van der Waals surface area contributed by atoms with Gasteiger partial charge in [0, 0.05) is 46.3 Å². The molecule has 10 heteroatoms. The van der Waals surface area contributed by atoms with Gasteiger partial charge < -0.3 is 9.30 Å². The number of H-pyrrole nitrogens is 1. The minimum atomic E-state index is -0.391. The molecule has 1 aliphatic rings. The number of aromatic amines is 1. The summed E-state index contributed by atoms with van der Waals surface area (Å²) in [5.41, 5.74) is 0.159. The fourth-order valence-electron chi connectivity index (χ4n) is 4.17. The van der Waals surface area contributed by atoms with E-state index in [1.165, 1.54) is 0 Å². The number of halogens is 1. The normalized spacial score (nSPS) is 15.4. The molecule has 1 N–H and O–H groups in total. The van der Waals surface area contributed by atoms with Crippen LogP contribution in [-0.4, -0.2) is 68.2 Å². The maximum atomic E-state index is 12.4. The number of unbranched alkanes of at least 4 members (excludes halogenated alkanes) is 1. The molecule has 0 unspecified atom stereocenters. The predicted molar refractivity (Wildman–Crippen MR) is 129 cm³/mol. The van der Waals surface area contributed by atoms with Crippen LogP contribution in [0.5, 0.6) is 5.75 Å². The van der Waals surface area contributed by atoms with Crippen LogP contribution in [-0.2, 0) is 20.1 Å². The summed E-state index contributed by atoms with van der Waals surface area (Å²) in [6.45, 7) is 8.33. The Morgan fingerprint density at radius 3 is 2.55 bits per heavy atom. The standard InChI is InChI=1S/C23H31ClN6O3/c1-3-4-9-30-21-20(22(31)26-23(30)32)27(2)19(25-21)16-29-12-10-28(11-13-29)14-15-33-18-8-6-5-7-17(18)24/h5-8H,3-4,9-16H2,1-2H3,(H,26,31,32). The van der Waals surface area contributed by atoms with Gasteiger partial charge in [-0.15, -0.1) is 0 Å². The van der Waals surface area contributed by atoms with Crippen molar-refractivity contribution in [3.8, 4) is 5.75 Å². The highest BCUT2D eigenvalue weighted by Gasteiger charge is 2.21. The van der Waals surface area contributed by atoms with E-state index in [-0.39, 0.29) is 5.56 Å². The molecule has 0 saturated carbocycles. The fraction of sp³-hybridized carbons (Fsp3) is 0.522. The number of fused-ring (bicyclic) bond motifs is 1. The number of rotatable bonds is 9. The second-order valence-corrected chi connectivity index (χ2v) is 8.83. The first-order valence-electron chi connectivity index (χ1n) is 11.5. The Hall–Kier alpha value is -2.62. The third-order valence-electron chi connectivity index (χ3n) is 6.17. The maximum absolute atomic E-state index is 12.4. The number of nitrogens with zero attached hydrogens (tertiary/aromatic N) is 5. The first-order chi connectivity index (χ1) is 16.0. The van der Waals surface area contributed by atoms with E-state index in [1.54, 1.807) is 4.57 Å². The Bertz CT molecular complexity index is 1210. The summed E-state index contributed by atoms with van der Waals surface area (Å²) in [5.74, 6) is 1.51. The summed E-state index contributed by atoms with van der Waals surface area (Å²) in [4.78, 5) is 36.6. The summed E-state index contributed by atoms with van der Waals surface area (Å²) < 4.78 is 9.21. The summed E-state index contributed by atoms with van der Waals surface area (Å²) >= 11 is 6.14. The van der Waals surface area contributed by atoms with Crippen LogP contribution in [0.15, 0.2) is 33.9 Å². The van der Waals surface area contributed by atoms with E-state index in [0.29, 0.717) is 41.6 Å². The number of para-hydroxylation sites is 1. The van der Waals surface area contributed by atoms with Crippen molar-refractivity contribution in [2.24, 2.45) is 7.05 Å². The van der Waals surface area contributed by atoms with Gasteiger partial charge in [0.2, 0.25) is 0 Å². The first kappa shape index (κ1) is 23.5. The Morgan fingerprint density at radius 1 is 1.09 bits per heavy atom. The smallest absolute Gasteiger partial charge is 0.330 e. The number of hydrogen-bond donors (Lipinski definition) is 1. The minimum absolute atomic E-state index is 0.382. The zero-order valence-electron chi connectivity index (χ0n) is 19.2. The van der Waals surface area contributed by atoms with Gasteiger partial charge in [-0.25, -0.2) is 9.78 Å². The van der Waals surface area contributed by atoms with Gasteiger partial charge in [-0.3, -0.25) is 24.1 Å². The molecule has 1 fully saturated rings. The Labute approximate surface area is 197 Å². The van der Waals surface area contributed by atoms with Crippen molar-refractivity contribution in [2.75, 3.05) is 39.3 Å². The number of hydrogen-bond acceptors (Lipinski definition) is 6. The number of benzene rings is 1. The second-order valence-electron chi connectivity index (χ2n) is 8.42. The predicted octanol–water partition coefficient (Wildman–Crippen LogP) is 2.07. The molecule has 0 amide bonds. The van der Waals surface area contributed by atoms with Gasteiger partial charge in [0.05, 0.1) is 11.6 Å². The molecule has 0 radical (unpaired) electrons. The van der Waals surface area contributed by atoms with Gasteiger partial charge in [-0.05, 0) is 18.6 Å². The van der Waals surface area contributed by atoms with E-state index in [9.17, 15) is 9.59 Å². The molecule has 4 rings (SSSR count). The monoisotopic (exact) mass is 474 g/mol.